The normalized spacial score (nSPS) is 15.8. The van der Waals surface area contributed by atoms with E-state index in [1.165, 1.54) is 25.8 Å². The Bertz CT molecular complexity index is 653. The predicted octanol–water partition coefficient (Wildman–Crippen LogP) is 4.22. The summed E-state index contributed by atoms with van der Waals surface area (Å²) in [6.07, 6.45) is 6.63. The minimum atomic E-state index is 0.550. The van der Waals surface area contributed by atoms with Gasteiger partial charge in [-0.2, -0.15) is 5.10 Å². The molecule has 0 aliphatic carbocycles. The van der Waals surface area contributed by atoms with Crippen molar-refractivity contribution < 1.29 is 4.74 Å². The van der Waals surface area contributed by atoms with Crippen LogP contribution in [0.4, 0.5) is 0 Å². The average Bonchev–Trinajstić information content (AvgIpc) is 3.07. The van der Waals surface area contributed by atoms with Crippen LogP contribution in [-0.4, -0.2) is 47.5 Å². The molecule has 1 aromatic heterocycles. The highest BCUT2D eigenvalue weighted by atomic mass is 35.5. The van der Waals surface area contributed by atoms with E-state index in [0.29, 0.717) is 10.0 Å². The van der Waals surface area contributed by atoms with E-state index in [9.17, 15) is 0 Å². The van der Waals surface area contributed by atoms with Gasteiger partial charge in [0, 0.05) is 19.3 Å². The molecule has 2 heterocycles. The molecule has 3 rings (SSSR count). The quantitative estimate of drug-likeness (QED) is 0.686. The SMILES string of the molecule is Clc1ccc(-n2ccc(CCCCCN3CCOCC3)n2)cc1Cl. The fourth-order valence-electron chi connectivity index (χ4n) is 2.91. The third-order valence-corrected chi connectivity index (χ3v) is 5.06. The Morgan fingerprint density at radius 3 is 2.62 bits per heavy atom. The Morgan fingerprint density at radius 2 is 1.83 bits per heavy atom. The summed E-state index contributed by atoms with van der Waals surface area (Å²) >= 11 is 12.0. The molecule has 1 saturated heterocycles. The smallest absolute Gasteiger partial charge is 0.0661 e. The van der Waals surface area contributed by atoms with Gasteiger partial charge in [-0.25, -0.2) is 4.68 Å². The second-order valence-electron chi connectivity index (χ2n) is 6.11. The minimum Gasteiger partial charge on any atom is -0.379 e. The van der Waals surface area contributed by atoms with Crippen LogP contribution in [0.5, 0.6) is 0 Å². The Hall–Kier alpha value is -1.07. The average molecular weight is 368 g/mol. The minimum absolute atomic E-state index is 0.550. The number of hydrogen-bond acceptors (Lipinski definition) is 3. The summed E-state index contributed by atoms with van der Waals surface area (Å²) in [7, 11) is 0. The number of halogens is 2. The summed E-state index contributed by atoms with van der Waals surface area (Å²) in [5.74, 6) is 0. The molecule has 1 aliphatic rings. The molecule has 1 aliphatic heterocycles. The number of aromatic nitrogens is 2. The summed E-state index contributed by atoms with van der Waals surface area (Å²) in [5.41, 5.74) is 2.05. The van der Waals surface area contributed by atoms with Crippen LogP contribution in [0.3, 0.4) is 0 Å². The van der Waals surface area contributed by atoms with E-state index in [2.05, 4.69) is 16.1 Å². The van der Waals surface area contributed by atoms with Crippen LogP contribution in [0.2, 0.25) is 10.0 Å². The van der Waals surface area contributed by atoms with E-state index < -0.39 is 0 Å². The zero-order valence-electron chi connectivity index (χ0n) is 13.8. The van der Waals surface area contributed by atoms with Crippen LogP contribution in [0.15, 0.2) is 30.5 Å². The van der Waals surface area contributed by atoms with Crippen molar-refractivity contribution in [1.29, 1.82) is 0 Å². The summed E-state index contributed by atoms with van der Waals surface area (Å²) in [6.45, 7) is 5.10. The molecule has 24 heavy (non-hydrogen) atoms. The standard InChI is InChI=1S/C18H23Cl2N3O/c19-17-6-5-16(14-18(17)20)23-9-7-15(21-23)4-2-1-3-8-22-10-12-24-13-11-22/h5-7,9,14H,1-4,8,10-13H2. The fraction of sp³-hybridized carbons (Fsp3) is 0.500. The lowest BCUT2D eigenvalue weighted by Gasteiger charge is -2.26. The van der Waals surface area contributed by atoms with Gasteiger partial charge in [0.2, 0.25) is 0 Å². The van der Waals surface area contributed by atoms with E-state index in [-0.39, 0.29) is 0 Å². The number of morpholine rings is 1. The van der Waals surface area contributed by atoms with Crippen LogP contribution >= 0.6 is 23.2 Å². The molecule has 0 bridgehead atoms. The van der Waals surface area contributed by atoms with Gasteiger partial charge in [0.1, 0.15) is 0 Å². The van der Waals surface area contributed by atoms with Crippen LogP contribution in [0.1, 0.15) is 25.0 Å². The maximum atomic E-state index is 6.07. The maximum Gasteiger partial charge on any atom is 0.0661 e. The Balaban J connectivity index is 1.41. The highest BCUT2D eigenvalue weighted by molar-refractivity contribution is 6.42. The topological polar surface area (TPSA) is 30.3 Å². The summed E-state index contributed by atoms with van der Waals surface area (Å²) in [4.78, 5) is 2.49. The predicted molar refractivity (Wildman–Crippen MR) is 98.4 cm³/mol. The zero-order chi connectivity index (χ0) is 16.8. The third kappa shape index (κ3) is 4.96. The van der Waals surface area contributed by atoms with Gasteiger partial charge in [-0.05, 0) is 50.1 Å². The lowest BCUT2D eigenvalue weighted by molar-refractivity contribution is 0.0371. The first-order chi connectivity index (χ1) is 11.7. The molecule has 0 spiro atoms. The summed E-state index contributed by atoms with van der Waals surface area (Å²) in [6, 6.07) is 7.63. The Labute approximate surface area is 153 Å². The van der Waals surface area contributed by atoms with E-state index in [4.69, 9.17) is 27.9 Å². The number of hydrogen-bond donors (Lipinski definition) is 0. The van der Waals surface area contributed by atoms with Crippen molar-refractivity contribution in [3.05, 3.63) is 46.2 Å². The van der Waals surface area contributed by atoms with Gasteiger partial charge in [0.25, 0.3) is 0 Å². The van der Waals surface area contributed by atoms with Crippen molar-refractivity contribution >= 4 is 23.2 Å². The van der Waals surface area contributed by atoms with Gasteiger partial charge in [-0.1, -0.05) is 29.6 Å². The number of rotatable bonds is 7. The molecule has 0 amide bonds. The first-order valence-electron chi connectivity index (χ1n) is 8.52. The zero-order valence-corrected chi connectivity index (χ0v) is 15.3. The molecule has 1 fully saturated rings. The molecule has 0 atom stereocenters. The van der Waals surface area contributed by atoms with Crippen LogP contribution in [-0.2, 0) is 11.2 Å². The van der Waals surface area contributed by atoms with Gasteiger partial charge in [-0.3, -0.25) is 4.90 Å². The monoisotopic (exact) mass is 367 g/mol. The molecule has 6 heteroatoms. The first-order valence-corrected chi connectivity index (χ1v) is 9.28. The van der Waals surface area contributed by atoms with Crippen molar-refractivity contribution in [2.75, 3.05) is 32.8 Å². The molecule has 0 saturated carbocycles. The molecule has 0 radical (unpaired) electrons. The van der Waals surface area contributed by atoms with Crippen molar-refractivity contribution in [2.24, 2.45) is 0 Å². The molecular formula is C18H23Cl2N3O. The van der Waals surface area contributed by atoms with Gasteiger partial charge in [0.05, 0.1) is 34.6 Å². The lowest BCUT2D eigenvalue weighted by atomic mass is 10.1. The van der Waals surface area contributed by atoms with Crippen LogP contribution in [0, 0.1) is 0 Å². The Morgan fingerprint density at radius 1 is 1.00 bits per heavy atom. The molecule has 130 valence electrons. The number of aryl methyl sites for hydroxylation is 1. The number of nitrogens with zero attached hydrogens (tertiary/aromatic N) is 3. The summed E-state index contributed by atoms with van der Waals surface area (Å²) in [5, 5.41) is 5.74. The second kappa shape index (κ2) is 8.86. The van der Waals surface area contributed by atoms with Gasteiger partial charge >= 0.3 is 0 Å². The lowest BCUT2D eigenvalue weighted by Crippen LogP contribution is -2.36. The molecular weight excluding hydrogens is 345 g/mol. The molecule has 4 nitrogen and oxygen atoms in total. The Kier molecular flexibility index (Phi) is 6.55. The van der Waals surface area contributed by atoms with Crippen molar-refractivity contribution in [3.63, 3.8) is 0 Å². The van der Waals surface area contributed by atoms with Crippen molar-refractivity contribution in [1.82, 2.24) is 14.7 Å². The van der Waals surface area contributed by atoms with Gasteiger partial charge in [0.15, 0.2) is 0 Å². The first kappa shape index (κ1) is 17.7. The van der Waals surface area contributed by atoms with Gasteiger partial charge < -0.3 is 4.74 Å². The van der Waals surface area contributed by atoms with E-state index in [1.54, 1.807) is 6.07 Å². The maximum absolute atomic E-state index is 6.07. The summed E-state index contributed by atoms with van der Waals surface area (Å²) < 4.78 is 7.22. The van der Waals surface area contributed by atoms with Crippen molar-refractivity contribution in [2.45, 2.75) is 25.7 Å². The molecule has 2 aromatic rings. The third-order valence-electron chi connectivity index (χ3n) is 4.32. The number of unbranched alkanes of at least 4 members (excludes halogenated alkanes) is 2. The van der Waals surface area contributed by atoms with Crippen LogP contribution in [0.25, 0.3) is 5.69 Å². The molecule has 0 unspecified atom stereocenters. The number of benzene rings is 1. The van der Waals surface area contributed by atoms with E-state index >= 15 is 0 Å². The number of ether oxygens (including phenoxy) is 1. The van der Waals surface area contributed by atoms with E-state index in [1.807, 2.05) is 23.0 Å². The molecule has 1 aromatic carbocycles. The highest BCUT2D eigenvalue weighted by Gasteiger charge is 2.09. The molecule has 0 N–H and O–H groups in total. The van der Waals surface area contributed by atoms with Crippen molar-refractivity contribution in [3.8, 4) is 5.69 Å². The van der Waals surface area contributed by atoms with Gasteiger partial charge in [-0.15, -0.1) is 0 Å². The second-order valence-corrected chi connectivity index (χ2v) is 6.93. The highest BCUT2D eigenvalue weighted by Crippen LogP contribution is 2.24. The largest absolute Gasteiger partial charge is 0.379 e. The van der Waals surface area contributed by atoms with Crippen LogP contribution < -0.4 is 0 Å². The van der Waals surface area contributed by atoms with E-state index in [0.717, 1.165) is 44.1 Å². The fourth-order valence-corrected chi connectivity index (χ4v) is 3.20.